The maximum absolute atomic E-state index is 5.16. The van der Waals surface area contributed by atoms with E-state index in [2.05, 4.69) is 47.9 Å². The van der Waals surface area contributed by atoms with Gasteiger partial charge >= 0.3 is 0 Å². The van der Waals surface area contributed by atoms with Crippen LogP contribution in [0.5, 0.6) is 0 Å². The number of aromatic nitrogens is 2. The predicted molar refractivity (Wildman–Crippen MR) is 84.8 cm³/mol. The molecule has 0 aliphatic rings. The SMILES string of the molecule is COCC(C)Nc1nc(C)cn1Cc1cc(C)c(C)s1. The number of thiophene rings is 1. The third-order valence-corrected chi connectivity index (χ3v) is 4.37. The fourth-order valence-corrected chi connectivity index (χ4v) is 3.24. The summed E-state index contributed by atoms with van der Waals surface area (Å²) >= 11 is 1.86. The van der Waals surface area contributed by atoms with Crippen LogP contribution >= 0.6 is 11.3 Å². The van der Waals surface area contributed by atoms with Crippen molar-refractivity contribution in [3.05, 3.63) is 33.3 Å². The number of ether oxygens (including phenoxy) is 1. The van der Waals surface area contributed by atoms with E-state index in [-0.39, 0.29) is 6.04 Å². The van der Waals surface area contributed by atoms with Crippen LogP contribution in [0, 0.1) is 20.8 Å². The van der Waals surface area contributed by atoms with Crippen molar-refractivity contribution in [3.8, 4) is 0 Å². The zero-order valence-corrected chi connectivity index (χ0v) is 13.7. The Bertz CT molecular complexity index is 554. The zero-order chi connectivity index (χ0) is 14.7. The lowest BCUT2D eigenvalue weighted by molar-refractivity contribution is 0.190. The summed E-state index contributed by atoms with van der Waals surface area (Å²) in [7, 11) is 1.72. The maximum Gasteiger partial charge on any atom is 0.203 e. The van der Waals surface area contributed by atoms with Crippen LogP contribution in [0.2, 0.25) is 0 Å². The van der Waals surface area contributed by atoms with Crippen LogP contribution in [0.3, 0.4) is 0 Å². The topological polar surface area (TPSA) is 39.1 Å². The van der Waals surface area contributed by atoms with Gasteiger partial charge in [-0.1, -0.05) is 0 Å². The Morgan fingerprint density at radius 3 is 2.75 bits per heavy atom. The van der Waals surface area contributed by atoms with E-state index in [9.17, 15) is 0 Å². The van der Waals surface area contributed by atoms with E-state index < -0.39 is 0 Å². The quantitative estimate of drug-likeness (QED) is 0.887. The van der Waals surface area contributed by atoms with E-state index in [0.717, 1.165) is 18.2 Å². The highest BCUT2D eigenvalue weighted by molar-refractivity contribution is 7.12. The normalized spacial score (nSPS) is 12.7. The van der Waals surface area contributed by atoms with Gasteiger partial charge in [0.05, 0.1) is 18.8 Å². The predicted octanol–water partition coefficient (Wildman–Crippen LogP) is 3.36. The number of rotatable bonds is 6. The fraction of sp³-hybridized carbons (Fsp3) is 0.533. The lowest BCUT2D eigenvalue weighted by atomic mass is 10.3. The van der Waals surface area contributed by atoms with Crippen molar-refractivity contribution in [2.24, 2.45) is 0 Å². The van der Waals surface area contributed by atoms with Gasteiger partial charge in [-0.05, 0) is 39.3 Å². The molecule has 1 atom stereocenters. The lowest BCUT2D eigenvalue weighted by Crippen LogP contribution is -2.23. The summed E-state index contributed by atoms with van der Waals surface area (Å²) in [6, 6.07) is 2.50. The molecule has 20 heavy (non-hydrogen) atoms. The number of hydrogen-bond donors (Lipinski definition) is 1. The molecule has 2 aromatic rings. The second-order valence-electron chi connectivity index (χ2n) is 5.29. The van der Waals surface area contributed by atoms with Crippen molar-refractivity contribution in [1.29, 1.82) is 0 Å². The third-order valence-electron chi connectivity index (χ3n) is 3.23. The number of nitrogens with one attached hydrogen (secondary N) is 1. The van der Waals surface area contributed by atoms with E-state index in [0.29, 0.717) is 6.61 Å². The molecular weight excluding hydrogens is 270 g/mol. The fourth-order valence-electron chi connectivity index (χ4n) is 2.19. The average Bonchev–Trinajstić information content (AvgIpc) is 2.84. The summed E-state index contributed by atoms with van der Waals surface area (Å²) in [6.45, 7) is 9.98. The first-order valence-electron chi connectivity index (χ1n) is 6.84. The second-order valence-corrected chi connectivity index (χ2v) is 6.63. The number of methoxy groups -OCH3 is 1. The number of imidazole rings is 1. The molecule has 0 aromatic carbocycles. The summed E-state index contributed by atoms with van der Waals surface area (Å²) in [6.07, 6.45) is 2.09. The smallest absolute Gasteiger partial charge is 0.203 e. The maximum atomic E-state index is 5.16. The van der Waals surface area contributed by atoms with Crippen molar-refractivity contribution in [3.63, 3.8) is 0 Å². The van der Waals surface area contributed by atoms with Crippen LogP contribution in [0.15, 0.2) is 12.3 Å². The summed E-state index contributed by atoms with van der Waals surface area (Å²) < 4.78 is 7.34. The van der Waals surface area contributed by atoms with Gasteiger partial charge in [0.25, 0.3) is 0 Å². The van der Waals surface area contributed by atoms with Gasteiger partial charge in [0.1, 0.15) is 0 Å². The van der Waals surface area contributed by atoms with E-state index in [1.165, 1.54) is 15.3 Å². The third kappa shape index (κ3) is 3.61. The molecule has 4 nitrogen and oxygen atoms in total. The van der Waals surface area contributed by atoms with Crippen LogP contribution < -0.4 is 5.32 Å². The van der Waals surface area contributed by atoms with Gasteiger partial charge in [0.2, 0.25) is 5.95 Å². The van der Waals surface area contributed by atoms with Gasteiger partial charge in [-0.15, -0.1) is 11.3 Å². The van der Waals surface area contributed by atoms with Gasteiger partial charge in [0.15, 0.2) is 0 Å². The van der Waals surface area contributed by atoms with E-state index in [4.69, 9.17) is 4.74 Å². The van der Waals surface area contributed by atoms with Crippen molar-refractivity contribution >= 4 is 17.3 Å². The van der Waals surface area contributed by atoms with E-state index in [1.54, 1.807) is 7.11 Å². The molecule has 2 rings (SSSR count). The summed E-state index contributed by atoms with van der Waals surface area (Å²) in [4.78, 5) is 7.31. The van der Waals surface area contributed by atoms with Crippen LogP contribution in [-0.2, 0) is 11.3 Å². The molecule has 2 aromatic heterocycles. The van der Waals surface area contributed by atoms with Gasteiger partial charge < -0.3 is 14.6 Å². The van der Waals surface area contributed by atoms with Crippen LogP contribution in [-0.4, -0.2) is 29.3 Å². The molecule has 0 aliphatic carbocycles. The molecule has 0 aliphatic heterocycles. The number of anilines is 1. The molecule has 2 heterocycles. The van der Waals surface area contributed by atoms with E-state index in [1.807, 2.05) is 18.3 Å². The Labute approximate surface area is 124 Å². The van der Waals surface area contributed by atoms with Gasteiger partial charge in [-0.25, -0.2) is 4.98 Å². The molecule has 1 unspecified atom stereocenters. The molecule has 0 amide bonds. The largest absolute Gasteiger partial charge is 0.383 e. The minimum absolute atomic E-state index is 0.243. The molecule has 0 saturated heterocycles. The van der Waals surface area contributed by atoms with Crippen LogP contribution in [0.4, 0.5) is 5.95 Å². The number of hydrogen-bond acceptors (Lipinski definition) is 4. The Kier molecular flexibility index (Phi) is 4.83. The first kappa shape index (κ1) is 15.1. The van der Waals surface area contributed by atoms with Crippen molar-refractivity contribution in [2.75, 3.05) is 19.0 Å². The highest BCUT2D eigenvalue weighted by Crippen LogP contribution is 2.23. The average molecular weight is 293 g/mol. The van der Waals surface area contributed by atoms with Gasteiger partial charge in [0, 0.05) is 29.1 Å². The summed E-state index contributed by atoms with van der Waals surface area (Å²) in [5, 5.41) is 3.41. The standard InChI is InChI=1S/C15H23N3OS/c1-10-6-14(20-13(10)4)8-18-7-11(2)16-15(18)17-12(3)9-19-5/h6-7,12H,8-9H2,1-5H3,(H,16,17). The minimum Gasteiger partial charge on any atom is -0.383 e. The highest BCUT2D eigenvalue weighted by Gasteiger charge is 2.11. The van der Waals surface area contributed by atoms with Crippen molar-refractivity contribution < 1.29 is 4.74 Å². The molecule has 0 saturated carbocycles. The molecule has 0 bridgehead atoms. The molecule has 110 valence electrons. The monoisotopic (exact) mass is 293 g/mol. The molecule has 5 heteroatoms. The molecule has 0 fully saturated rings. The second kappa shape index (κ2) is 6.41. The Balaban J connectivity index is 2.14. The van der Waals surface area contributed by atoms with Gasteiger partial charge in [-0.3, -0.25) is 0 Å². The highest BCUT2D eigenvalue weighted by atomic mass is 32.1. The Morgan fingerprint density at radius 1 is 1.40 bits per heavy atom. The molecule has 0 spiro atoms. The summed E-state index contributed by atoms with van der Waals surface area (Å²) in [5.74, 6) is 0.913. The van der Waals surface area contributed by atoms with Crippen molar-refractivity contribution in [2.45, 2.75) is 40.3 Å². The zero-order valence-electron chi connectivity index (χ0n) is 12.9. The molecule has 1 N–H and O–H groups in total. The van der Waals surface area contributed by atoms with Crippen LogP contribution in [0.1, 0.15) is 27.9 Å². The van der Waals surface area contributed by atoms with Crippen LogP contribution in [0.25, 0.3) is 0 Å². The summed E-state index contributed by atoms with van der Waals surface area (Å²) in [5.41, 5.74) is 2.39. The lowest BCUT2D eigenvalue weighted by Gasteiger charge is -2.14. The van der Waals surface area contributed by atoms with Gasteiger partial charge in [-0.2, -0.15) is 0 Å². The van der Waals surface area contributed by atoms with E-state index >= 15 is 0 Å². The minimum atomic E-state index is 0.243. The molecular formula is C15H23N3OS. The Hall–Kier alpha value is -1.33. The Morgan fingerprint density at radius 2 is 2.15 bits per heavy atom. The first-order chi connectivity index (χ1) is 9.49. The van der Waals surface area contributed by atoms with Crippen molar-refractivity contribution in [1.82, 2.24) is 9.55 Å². The molecule has 0 radical (unpaired) electrons. The first-order valence-corrected chi connectivity index (χ1v) is 7.66. The number of aryl methyl sites for hydroxylation is 3. The number of nitrogens with zero attached hydrogens (tertiary/aromatic N) is 2.